The summed E-state index contributed by atoms with van der Waals surface area (Å²) in [5.41, 5.74) is 4.68. The molecule has 28 heavy (non-hydrogen) atoms. The van der Waals surface area contributed by atoms with Crippen molar-refractivity contribution in [1.29, 1.82) is 0 Å². The van der Waals surface area contributed by atoms with Crippen LogP contribution in [0.2, 0.25) is 0 Å². The second kappa shape index (κ2) is 8.45. The molecule has 2 aromatic carbocycles. The van der Waals surface area contributed by atoms with E-state index in [2.05, 4.69) is 32.0 Å². The fourth-order valence-electron chi connectivity index (χ4n) is 3.41. The first-order chi connectivity index (χ1) is 13.3. The molecule has 1 aliphatic heterocycles. The highest BCUT2D eigenvalue weighted by atomic mass is 32.2. The zero-order valence-electron chi connectivity index (χ0n) is 16.8. The third-order valence-electron chi connectivity index (χ3n) is 5.45. The van der Waals surface area contributed by atoms with Gasteiger partial charge in [-0.25, -0.2) is 8.42 Å². The lowest BCUT2D eigenvalue weighted by atomic mass is 10.0. The van der Waals surface area contributed by atoms with Crippen LogP contribution in [0.5, 0.6) is 0 Å². The molecule has 0 bridgehead atoms. The van der Waals surface area contributed by atoms with Crippen LogP contribution < -0.4 is 0 Å². The second-order valence-corrected chi connectivity index (χ2v) is 9.45. The normalized spacial score (nSPS) is 15.6. The largest absolute Gasteiger partial charge is 0.340 e. The van der Waals surface area contributed by atoms with Crippen molar-refractivity contribution in [1.82, 2.24) is 9.21 Å². The molecule has 0 spiro atoms. The van der Waals surface area contributed by atoms with E-state index < -0.39 is 10.0 Å². The molecular weight excluding hydrogens is 372 g/mol. The monoisotopic (exact) mass is 400 g/mol. The van der Waals surface area contributed by atoms with Crippen LogP contribution in [0.15, 0.2) is 47.4 Å². The molecule has 3 rings (SSSR count). The van der Waals surface area contributed by atoms with E-state index in [0.29, 0.717) is 43.9 Å². The Hall–Kier alpha value is -2.18. The summed E-state index contributed by atoms with van der Waals surface area (Å²) in [6, 6.07) is 13.2. The van der Waals surface area contributed by atoms with Crippen molar-refractivity contribution in [2.45, 2.75) is 38.5 Å². The number of carbonyl (C=O) groups excluding carboxylic acids is 1. The molecule has 150 valence electrons. The zero-order chi connectivity index (χ0) is 20.3. The maximum absolute atomic E-state index is 12.8. The van der Waals surface area contributed by atoms with Crippen molar-refractivity contribution >= 4 is 15.9 Å². The summed E-state index contributed by atoms with van der Waals surface area (Å²) in [6.45, 7) is 7.65. The third-order valence-corrected chi connectivity index (χ3v) is 7.36. The predicted octanol–water partition coefficient (Wildman–Crippen LogP) is 3.08. The number of hydrogen-bond acceptors (Lipinski definition) is 3. The minimum absolute atomic E-state index is 0.0885. The van der Waals surface area contributed by atoms with Crippen molar-refractivity contribution in [2.75, 3.05) is 26.2 Å². The van der Waals surface area contributed by atoms with E-state index in [0.717, 1.165) is 11.1 Å². The van der Waals surface area contributed by atoms with Gasteiger partial charge in [0.2, 0.25) is 15.9 Å². The van der Waals surface area contributed by atoms with Crippen molar-refractivity contribution < 1.29 is 13.2 Å². The SMILES string of the molecule is Cc1ccc(S(=O)(=O)N2CCN(C(=O)CCc3ccc(C)c(C)c3)CC2)cc1. The molecule has 2 aromatic rings. The molecule has 1 saturated heterocycles. The zero-order valence-corrected chi connectivity index (χ0v) is 17.6. The van der Waals surface area contributed by atoms with Gasteiger partial charge in [-0.05, 0) is 56.0 Å². The minimum atomic E-state index is -3.50. The lowest BCUT2D eigenvalue weighted by Crippen LogP contribution is -2.50. The first-order valence-corrected chi connectivity index (χ1v) is 11.1. The summed E-state index contributed by atoms with van der Waals surface area (Å²) in [5, 5.41) is 0. The maximum atomic E-state index is 12.8. The van der Waals surface area contributed by atoms with Crippen LogP contribution in [0.3, 0.4) is 0 Å². The number of hydrogen-bond donors (Lipinski definition) is 0. The standard InChI is InChI=1S/C22H28N2O3S/c1-17-4-9-21(10-5-17)28(26,27)24-14-12-23(13-15-24)22(25)11-8-20-7-6-18(2)19(3)16-20/h4-7,9-10,16H,8,11-15H2,1-3H3. The molecule has 1 heterocycles. The van der Waals surface area contributed by atoms with Gasteiger partial charge in [0.1, 0.15) is 0 Å². The Morgan fingerprint density at radius 2 is 1.54 bits per heavy atom. The summed E-state index contributed by atoms with van der Waals surface area (Å²) < 4.78 is 27.0. The van der Waals surface area contributed by atoms with Gasteiger partial charge in [-0.2, -0.15) is 4.31 Å². The van der Waals surface area contributed by atoms with Gasteiger partial charge in [0.05, 0.1) is 4.90 Å². The van der Waals surface area contributed by atoms with Crippen LogP contribution in [0.4, 0.5) is 0 Å². The van der Waals surface area contributed by atoms with Crippen molar-refractivity contribution in [2.24, 2.45) is 0 Å². The second-order valence-electron chi connectivity index (χ2n) is 7.52. The van der Waals surface area contributed by atoms with Gasteiger partial charge in [-0.15, -0.1) is 0 Å². The summed E-state index contributed by atoms with van der Waals surface area (Å²) >= 11 is 0. The van der Waals surface area contributed by atoms with Gasteiger partial charge in [0.25, 0.3) is 0 Å². The average molecular weight is 401 g/mol. The number of sulfonamides is 1. The summed E-state index contributed by atoms with van der Waals surface area (Å²) in [5.74, 6) is 0.0885. The average Bonchev–Trinajstić information content (AvgIpc) is 2.69. The molecule has 6 heteroatoms. The lowest BCUT2D eigenvalue weighted by Gasteiger charge is -2.34. The van der Waals surface area contributed by atoms with Gasteiger partial charge < -0.3 is 4.90 Å². The summed E-state index contributed by atoms with van der Waals surface area (Å²) in [6.07, 6.45) is 1.16. The summed E-state index contributed by atoms with van der Waals surface area (Å²) in [4.78, 5) is 14.6. The van der Waals surface area contributed by atoms with Crippen molar-refractivity contribution in [3.05, 3.63) is 64.7 Å². The Kier molecular flexibility index (Phi) is 6.20. The van der Waals surface area contributed by atoms with Crippen LogP contribution in [-0.2, 0) is 21.2 Å². The van der Waals surface area contributed by atoms with E-state index in [1.807, 2.05) is 6.92 Å². The van der Waals surface area contributed by atoms with E-state index in [-0.39, 0.29) is 5.91 Å². The fraction of sp³-hybridized carbons (Fsp3) is 0.409. The molecule has 0 aromatic heterocycles. The Morgan fingerprint density at radius 3 is 2.14 bits per heavy atom. The molecule has 0 unspecified atom stereocenters. The van der Waals surface area contributed by atoms with Crippen LogP contribution >= 0.6 is 0 Å². The molecule has 0 atom stereocenters. The van der Waals surface area contributed by atoms with Gasteiger partial charge in [-0.3, -0.25) is 4.79 Å². The Bertz CT molecular complexity index is 944. The topological polar surface area (TPSA) is 57.7 Å². The van der Waals surface area contributed by atoms with Crippen LogP contribution in [0.1, 0.15) is 28.7 Å². The third kappa shape index (κ3) is 4.62. The molecular formula is C22H28N2O3S. The Morgan fingerprint density at radius 1 is 0.893 bits per heavy atom. The number of piperazine rings is 1. The Balaban J connectivity index is 1.55. The fourth-order valence-corrected chi connectivity index (χ4v) is 4.83. The number of aryl methyl sites for hydroxylation is 4. The van der Waals surface area contributed by atoms with Gasteiger partial charge in [0.15, 0.2) is 0 Å². The molecule has 0 saturated carbocycles. The molecule has 1 fully saturated rings. The molecule has 5 nitrogen and oxygen atoms in total. The number of amides is 1. The van der Waals surface area contributed by atoms with Crippen molar-refractivity contribution in [3.63, 3.8) is 0 Å². The number of nitrogens with zero attached hydrogens (tertiary/aromatic N) is 2. The quantitative estimate of drug-likeness (QED) is 0.775. The minimum Gasteiger partial charge on any atom is -0.340 e. The van der Waals surface area contributed by atoms with Crippen LogP contribution in [0, 0.1) is 20.8 Å². The highest BCUT2D eigenvalue weighted by Crippen LogP contribution is 2.19. The molecule has 0 aliphatic carbocycles. The Labute approximate surface area is 168 Å². The van der Waals surface area contributed by atoms with Crippen LogP contribution in [0.25, 0.3) is 0 Å². The van der Waals surface area contributed by atoms with Gasteiger partial charge in [0, 0.05) is 32.6 Å². The maximum Gasteiger partial charge on any atom is 0.243 e. The van der Waals surface area contributed by atoms with E-state index in [4.69, 9.17) is 0 Å². The molecule has 0 N–H and O–H groups in total. The number of carbonyl (C=O) groups is 1. The van der Waals surface area contributed by atoms with Gasteiger partial charge >= 0.3 is 0 Å². The van der Waals surface area contributed by atoms with E-state index >= 15 is 0 Å². The predicted molar refractivity (Wildman–Crippen MR) is 111 cm³/mol. The highest BCUT2D eigenvalue weighted by Gasteiger charge is 2.29. The first kappa shape index (κ1) is 20.6. The van der Waals surface area contributed by atoms with Crippen LogP contribution in [-0.4, -0.2) is 49.7 Å². The molecule has 1 aliphatic rings. The van der Waals surface area contributed by atoms with E-state index in [1.54, 1.807) is 29.2 Å². The van der Waals surface area contributed by atoms with E-state index in [1.165, 1.54) is 15.4 Å². The molecule has 0 radical (unpaired) electrons. The van der Waals surface area contributed by atoms with E-state index in [9.17, 15) is 13.2 Å². The lowest BCUT2D eigenvalue weighted by molar-refractivity contribution is -0.132. The summed E-state index contributed by atoms with van der Waals surface area (Å²) in [7, 11) is -3.50. The first-order valence-electron chi connectivity index (χ1n) is 9.68. The van der Waals surface area contributed by atoms with Gasteiger partial charge in [-0.1, -0.05) is 35.9 Å². The van der Waals surface area contributed by atoms with Crippen molar-refractivity contribution in [3.8, 4) is 0 Å². The molecule has 1 amide bonds. The number of benzene rings is 2. The highest BCUT2D eigenvalue weighted by molar-refractivity contribution is 7.89. The smallest absolute Gasteiger partial charge is 0.243 e. The number of rotatable bonds is 5.